The van der Waals surface area contributed by atoms with E-state index in [1.165, 1.54) is 12.1 Å². The van der Waals surface area contributed by atoms with E-state index in [1.54, 1.807) is 23.1 Å². The van der Waals surface area contributed by atoms with E-state index in [4.69, 9.17) is 5.11 Å². The van der Waals surface area contributed by atoms with E-state index in [-0.39, 0.29) is 5.56 Å². The van der Waals surface area contributed by atoms with E-state index < -0.39 is 11.8 Å². The topological polar surface area (TPSA) is 55.1 Å². The Bertz CT molecular complexity index is 509. The van der Waals surface area contributed by atoms with Crippen molar-refractivity contribution in [3.05, 3.63) is 53.6 Å². The second-order valence-electron chi connectivity index (χ2n) is 3.31. The van der Waals surface area contributed by atoms with Crippen molar-refractivity contribution in [2.45, 2.75) is 6.54 Å². The Morgan fingerprint density at radius 1 is 1.50 bits per heavy atom. The van der Waals surface area contributed by atoms with Gasteiger partial charge < -0.3 is 5.11 Å². The van der Waals surface area contributed by atoms with E-state index in [9.17, 15) is 9.18 Å². The first-order valence-electron chi connectivity index (χ1n) is 4.66. The third-order valence-electron chi connectivity index (χ3n) is 2.19. The lowest BCUT2D eigenvalue weighted by molar-refractivity contribution is 0.0695. The summed E-state index contributed by atoms with van der Waals surface area (Å²) in [5, 5.41) is 12.9. The number of rotatable bonds is 3. The van der Waals surface area contributed by atoms with Crippen LogP contribution in [0.25, 0.3) is 0 Å². The van der Waals surface area contributed by atoms with Crippen LogP contribution in [0.1, 0.15) is 15.9 Å². The minimum atomic E-state index is -1.14. The number of hydrogen-bond acceptors (Lipinski definition) is 2. The van der Waals surface area contributed by atoms with Crippen molar-refractivity contribution in [2.24, 2.45) is 0 Å². The fraction of sp³-hybridized carbons (Fsp3) is 0.0909. The molecule has 1 N–H and O–H groups in total. The van der Waals surface area contributed by atoms with Crippen molar-refractivity contribution < 1.29 is 14.3 Å². The van der Waals surface area contributed by atoms with Crippen molar-refractivity contribution in [1.82, 2.24) is 9.78 Å². The smallest absolute Gasteiger partial charge is 0.336 e. The summed E-state index contributed by atoms with van der Waals surface area (Å²) in [5.74, 6) is -1.69. The Hall–Kier alpha value is -2.17. The number of aromatic carboxylic acids is 1. The van der Waals surface area contributed by atoms with Gasteiger partial charge in [-0.3, -0.25) is 4.68 Å². The molecule has 4 nitrogen and oxygen atoms in total. The lowest BCUT2D eigenvalue weighted by atomic mass is 10.1. The highest BCUT2D eigenvalue weighted by atomic mass is 19.1. The normalized spacial score (nSPS) is 10.3. The van der Waals surface area contributed by atoms with Crippen molar-refractivity contribution in [3.63, 3.8) is 0 Å². The van der Waals surface area contributed by atoms with Crippen LogP contribution in [-0.2, 0) is 6.54 Å². The molecule has 0 aliphatic rings. The molecule has 2 aromatic rings. The molecule has 16 heavy (non-hydrogen) atoms. The number of hydrogen-bond donors (Lipinski definition) is 1. The average Bonchev–Trinajstić information content (AvgIpc) is 2.73. The van der Waals surface area contributed by atoms with Gasteiger partial charge in [-0.15, -0.1) is 0 Å². The maximum absolute atomic E-state index is 12.9. The Balaban J connectivity index is 2.36. The molecule has 1 heterocycles. The van der Waals surface area contributed by atoms with Crippen LogP contribution in [0.3, 0.4) is 0 Å². The zero-order chi connectivity index (χ0) is 11.5. The summed E-state index contributed by atoms with van der Waals surface area (Å²) in [7, 11) is 0. The second-order valence-corrected chi connectivity index (χ2v) is 3.31. The maximum atomic E-state index is 12.9. The molecule has 0 spiro atoms. The van der Waals surface area contributed by atoms with Crippen molar-refractivity contribution in [3.8, 4) is 0 Å². The minimum Gasteiger partial charge on any atom is -0.478 e. The Labute approximate surface area is 90.9 Å². The van der Waals surface area contributed by atoms with Crippen LogP contribution < -0.4 is 0 Å². The fourth-order valence-corrected chi connectivity index (χ4v) is 1.45. The molecule has 0 bridgehead atoms. The van der Waals surface area contributed by atoms with Gasteiger partial charge in [-0.25, -0.2) is 9.18 Å². The van der Waals surface area contributed by atoms with Crippen LogP contribution in [0.15, 0.2) is 36.7 Å². The number of carbonyl (C=O) groups is 1. The van der Waals surface area contributed by atoms with Gasteiger partial charge in [-0.2, -0.15) is 5.10 Å². The maximum Gasteiger partial charge on any atom is 0.336 e. The van der Waals surface area contributed by atoms with Crippen molar-refractivity contribution >= 4 is 5.97 Å². The predicted octanol–water partition coefficient (Wildman–Crippen LogP) is 1.77. The number of nitrogens with zero attached hydrogens (tertiary/aromatic N) is 2. The van der Waals surface area contributed by atoms with Crippen LogP contribution in [0.4, 0.5) is 4.39 Å². The van der Waals surface area contributed by atoms with Crippen LogP contribution in [0.2, 0.25) is 0 Å². The van der Waals surface area contributed by atoms with Crippen LogP contribution >= 0.6 is 0 Å². The van der Waals surface area contributed by atoms with E-state index in [2.05, 4.69) is 5.10 Å². The fourth-order valence-electron chi connectivity index (χ4n) is 1.45. The molecule has 5 heteroatoms. The van der Waals surface area contributed by atoms with Crippen molar-refractivity contribution in [1.29, 1.82) is 0 Å². The summed E-state index contributed by atoms with van der Waals surface area (Å²) in [5.41, 5.74) is 0.494. The molecule has 0 aliphatic heterocycles. The summed E-state index contributed by atoms with van der Waals surface area (Å²) < 4.78 is 14.5. The molecule has 0 saturated carbocycles. The van der Waals surface area contributed by atoms with Crippen molar-refractivity contribution in [2.75, 3.05) is 0 Å². The van der Waals surface area contributed by atoms with E-state index >= 15 is 0 Å². The highest BCUT2D eigenvalue weighted by Crippen LogP contribution is 2.12. The number of aromatic nitrogens is 2. The second kappa shape index (κ2) is 4.14. The molecule has 82 valence electrons. The average molecular weight is 220 g/mol. The highest BCUT2D eigenvalue weighted by molar-refractivity contribution is 5.89. The zero-order valence-corrected chi connectivity index (χ0v) is 8.30. The van der Waals surface area contributed by atoms with Crippen LogP contribution in [-0.4, -0.2) is 20.9 Å². The molecule has 0 radical (unpaired) electrons. The molecule has 0 fully saturated rings. The summed E-state index contributed by atoms with van der Waals surface area (Å²) in [4.78, 5) is 10.9. The standard InChI is InChI=1S/C11H9FN2O2/c12-9-3-2-8(10(6-9)11(15)16)7-14-5-1-4-13-14/h1-6H,7H2,(H,15,16). The molecular weight excluding hydrogens is 211 g/mol. The zero-order valence-electron chi connectivity index (χ0n) is 8.30. The van der Waals surface area contributed by atoms with E-state index in [1.807, 2.05) is 0 Å². The van der Waals surface area contributed by atoms with Gasteiger partial charge in [0.25, 0.3) is 0 Å². The lowest BCUT2D eigenvalue weighted by Crippen LogP contribution is -2.08. The molecule has 0 amide bonds. The summed E-state index contributed by atoms with van der Waals surface area (Å²) in [6.45, 7) is 0.314. The van der Waals surface area contributed by atoms with Gasteiger partial charge >= 0.3 is 5.97 Å². The van der Waals surface area contributed by atoms with E-state index in [0.717, 1.165) is 6.07 Å². The quantitative estimate of drug-likeness (QED) is 0.857. The van der Waals surface area contributed by atoms with Gasteiger partial charge in [-0.05, 0) is 23.8 Å². The summed E-state index contributed by atoms with van der Waals surface area (Å²) >= 11 is 0. The number of benzene rings is 1. The monoisotopic (exact) mass is 220 g/mol. The number of carboxylic acid groups (broad SMARTS) is 1. The molecule has 0 unspecified atom stereocenters. The van der Waals surface area contributed by atoms with Gasteiger partial charge in [0.2, 0.25) is 0 Å². The highest BCUT2D eigenvalue weighted by Gasteiger charge is 2.11. The van der Waals surface area contributed by atoms with Gasteiger partial charge in [0.05, 0.1) is 12.1 Å². The lowest BCUT2D eigenvalue weighted by Gasteiger charge is -2.06. The largest absolute Gasteiger partial charge is 0.478 e. The summed E-state index contributed by atoms with van der Waals surface area (Å²) in [6.07, 6.45) is 3.32. The molecule has 1 aromatic carbocycles. The SMILES string of the molecule is O=C(O)c1cc(F)ccc1Cn1cccn1. The molecular formula is C11H9FN2O2. The summed E-state index contributed by atoms with van der Waals surface area (Å²) in [6, 6.07) is 5.46. The molecule has 2 rings (SSSR count). The van der Waals surface area contributed by atoms with E-state index in [0.29, 0.717) is 12.1 Å². The first-order valence-corrected chi connectivity index (χ1v) is 4.66. The van der Waals surface area contributed by atoms with Crippen LogP contribution in [0.5, 0.6) is 0 Å². The number of halogens is 1. The number of carboxylic acids is 1. The third kappa shape index (κ3) is 2.08. The Morgan fingerprint density at radius 3 is 2.94 bits per heavy atom. The molecule has 0 saturated heterocycles. The predicted molar refractivity (Wildman–Crippen MR) is 54.7 cm³/mol. The van der Waals surface area contributed by atoms with Gasteiger partial charge in [0, 0.05) is 12.4 Å². The molecule has 1 aromatic heterocycles. The minimum absolute atomic E-state index is 0.0319. The van der Waals surface area contributed by atoms with Gasteiger partial charge in [-0.1, -0.05) is 6.07 Å². The van der Waals surface area contributed by atoms with Gasteiger partial charge in [0.15, 0.2) is 0 Å². The molecule has 0 aliphatic carbocycles. The first kappa shape index (κ1) is 10.4. The molecule has 0 atom stereocenters. The van der Waals surface area contributed by atoms with Crippen LogP contribution in [0, 0.1) is 5.82 Å². The third-order valence-corrected chi connectivity index (χ3v) is 2.19. The van der Waals surface area contributed by atoms with Gasteiger partial charge in [0.1, 0.15) is 5.82 Å². The Kier molecular flexibility index (Phi) is 2.68. The first-order chi connectivity index (χ1) is 7.66. The Morgan fingerprint density at radius 2 is 2.31 bits per heavy atom.